The van der Waals surface area contributed by atoms with Crippen LogP contribution in [0.5, 0.6) is 23.0 Å². The van der Waals surface area contributed by atoms with Gasteiger partial charge < -0.3 is 28.5 Å². The molecule has 0 fully saturated rings. The number of nitrogens with one attached hydrogen (secondary N) is 2. The van der Waals surface area contributed by atoms with E-state index >= 15 is 0 Å². The van der Waals surface area contributed by atoms with Crippen molar-refractivity contribution in [2.45, 2.75) is 13.0 Å². The predicted molar refractivity (Wildman–Crippen MR) is 137 cm³/mol. The second-order valence-corrected chi connectivity index (χ2v) is 8.90. The fourth-order valence-corrected chi connectivity index (χ4v) is 5.33. The van der Waals surface area contributed by atoms with Crippen molar-refractivity contribution in [2.75, 3.05) is 20.1 Å². The van der Waals surface area contributed by atoms with Gasteiger partial charge in [0, 0.05) is 30.1 Å². The number of carbonyl (C=O) groups is 2. The maximum Gasteiger partial charge on any atom is 0.259 e. The van der Waals surface area contributed by atoms with E-state index in [-0.39, 0.29) is 24.7 Å². The molecule has 5 heterocycles. The number of H-pyrrole nitrogens is 1. The van der Waals surface area contributed by atoms with Crippen molar-refractivity contribution >= 4 is 62.1 Å². The van der Waals surface area contributed by atoms with E-state index in [1.807, 2.05) is 35.0 Å². The molecule has 7 rings (SSSR count). The van der Waals surface area contributed by atoms with Gasteiger partial charge in [-0.1, -0.05) is 0 Å². The number of hydrogen-bond acceptors (Lipinski definition) is 8. The van der Waals surface area contributed by atoms with Crippen LogP contribution in [-0.2, 0) is 16.1 Å². The molecule has 2 amide bonds. The molecule has 0 radical (unpaired) electrons. The van der Waals surface area contributed by atoms with Gasteiger partial charge in [-0.25, -0.2) is 4.99 Å². The van der Waals surface area contributed by atoms with E-state index in [1.165, 1.54) is 0 Å². The summed E-state index contributed by atoms with van der Waals surface area (Å²) < 4.78 is 24.7. The van der Waals surface area contributed by atoms with Gasteiger partial charge in [0.05, 0.1) is 44.7 Å². The Hall–Kier alpha value is -4.60. The van der Waals surface area contributed by atoms with Crippen LogP contribution in [0.1, 0.15) is 17.5 Å². The number of aliphatic imine (C=N–C) groups is 1. The highest BCUT2D eigenvalue weighted by atomic mass is 32.1. The second kappa shape index (κ2) is 8.22. The summed E-state index contributed by atoms with van der Waals surface area (Å²) in [5.41, 5.74) is 3.25. The molecule has 0 unspecified atom stereocenters. The number of nitrogens with zero attached hydrogens (tertiary/aromatic N) is 2. The van der Waals surface area contributed by atoms with E-state index in [0.29, 0.717) is 64.4 Å². The van der Waals surface area contributed by atoms with E-state index in [4.69, 9.17) is 18.9 Å². The summed E-state index contributed by atoms with van der Waals surface area (Å²) >= 11 is 4.67. The number of thiocarbonyl (C=S) groups is 1. The van der Waals surface area contributed by atoms with E-state index in [9.17, 15) is 9.59 Å². The Morgan fingerprint density at radius 2 is 1.62 bits per heavy atom. The SMILES string of the molecule is O=C1NC(=O)C(c2cn(CCCN=C=S)c3ccc4c(c23)OCO4)=C1c1c[nH]c2ccc3c(c12)OCO3. The van der Waals surface area contributed by atoms with Crippen molar-refractivity contribution in [3.05, 3.63) is 47.8 Å². The minimum absolute atomic E-state index is 0.0748. The molecule has 2 aromatic carbocycles. The molecule has 4 aromatic rings. The van der Waals surface area contributed by atoms with Crippen molar-refractivity contribution in [3.63, 3.8) is 0 Å². The topological polar surface area (TPSA) is 116 Å². The van der Waals surface area contributed by atoms with Crippen LogP contribution < -0.4 is 24.3 Å². The highest BCUT2D eigenvalue weighted by Gasteiger charge is 2.37. The average molecular weight is 515 g/mol. The van der Waals surface area contributed by atoms with Gasteiger partial charge in [-0.3, -0.25) is 14.9 Å². The number of carbonyl (C=O) groups excluding carboxylic acids is 2. The highest BCUT2D eigenvalue weighted by molar-refractivity contribution is 7.78. The minimum atomic E-state index is -0.488. The number of amides is 2. The van der Waals surface area contributed by atoms with Crippen LogP contribution in [0.15, 0.2) is 41.7 Å². The lowest BCUT2D eigenvalue weighted by molar-refractivity contribution is -0.122. The van der Waals surface area contributed by atoms with Crippen molar-refractivity contribution in [1.82, 2.24) is 14.9 Å². The molecule has 3 aliphatic rings. The third-order valence-electron chi connectivity index (χ3n) is 6.76. The van der Waals surface area contributed by atoms with Crippen LogP contribution in [0.2, 0.25) is 0 Å². The normalized spacial score (nSPS) is 15.7. The summed E-state index contributed by atoms with van der Waals surface area (Å²) in [6.45, 7) is 1.30. The second-order valence-electron chi connectivity index (χ2n) is 8.71. The smallest absolute Gasteiger partial charge is 0.259 e. The summed E-state index contributed by atoms with van der Waals surface area (Å²) in [6, 6.07) is 7.43. The van der Waals surface area contributed by atoms with Crippen LogP contribution in [0, 0.1) is 0 Å². The number of rotatable bonds is 6. The van der Waals surface area contributed by atoms with Gasteiger partial charge in [-0.2, -0.15) is 0 Å². The monoisotopic (exact) mass is 514 g/mol. The number of imide groups is 1. The quantitative estimate of drug-likeness (QED) is 0.175. The van der Waals surface area contributed by atoms with Crippen molar-refractivity contribution in [2.24, 2.45) is 4.99 Å². The summed E-state index contributed by atoms with van der Waals surface area (Å²) in [7, 11) is 0. The van der Waals surface area contributed by atoms with E-state index in [1.54, 1.807) is 6.20 Å². The molecule has 11 heteroatoms. The zero-order chi connectivity index (χ0) is 25.1. The molecular formula is C26H18N4O6S. The lowest BCUT2D eigenvalue weighted by Gasteiger charge is -2.06. The highest BCUT2D eigenvalue weighted by Crippen LogP contribution is 2.48. The van der Waals surface area contributed by atoms with Crippen LogP contribution in [-0.4, -0.2) is 46.7 Å². The Morgan fingerprint density at radius 1 is 0.919 bits per heavy atom. The van der Waals surface area contributed by atoms with Crippen molar-refractivity contribution in [1.29, 1.82) is 0 Å². The molecule has 0 atom stereocenters. The standard InChI is InChI=1S/C26H18N4O6S/c31-25-21(13-8-28-15-2-4-17-23(19(13)15)35-11-33-17)22(26(32)29-25)14-9-30(7-1-6-27-10-37)16-3-5-18-24(20(14)16)36-12-34-18/h2-5,8-9,28H,1,6-7,11-12H2,(H,29,31,32). The molecule has 37 heavy (non-hydrogen) atoms. The molecule has 0 spiro atoms. The number of aromatic amines is 1. The summed E-state index contributed by atoms with van der Waals surface area (Å²) in [4.78, 5) is 33.8. The maximum absolute atomic E-state index is 13.3. The van der Waals surface area contributed by atoms with Gasteiger partial charge in [-0.15, -0.1) is 0 Å². The van der Waals surface area contributed by atoms with E-state index < -0.39 is 11.8 Å². The van der Waals surface area contributed by atoms with E-state index in [2.05, 4.69) is 32.7 Å². The molecule has 2 N–H and O–H groups in total. The fraction of sp³-hybridized carbons (Fsp3) is 0.192. The Balaban J connectivity index is 1.49. The van der Waals surface area contributed by atoms with Gasteiger partial charge in [0.2, 0.25) is 13.6 Å². The number of benzene rings is 2. The Bertz CT molecular complexity index is 1740. The average Bonchev–Trinajstić information content (AvgIpc) is 3.70. The molecule has 3 aliphatic heterocycles. The lowest BCUT2D eigenvalue weighted by atomic mass is 9.95. The van der Waals surface area contributed by atoms with Crippen molar-refractivity contribution in [3.8, 4) is 23.0 Å². The summed E-state index contributed by atoms with van der Waals surface area (Å²) in [5, 5.41) is 6.25. The number of ether oxygens (including phenoxy) is 4. The molecule has 2 aromatic heterocycles. The first-order valence-electron chi connectivity index (χ1n) is 11.6. The number of aryl methyl sites for hydroxylation is 1. The molecule has 0 saturated heterocycles. The summed E-state index contributed by atoms with van der Waals surface area (Å²) in [6.07, 6.45) is 4.30. The first-order valence-corrected chi connectivity index (χ1v) is 12.0. The molecule has 10 nitrogen and oxygen atoms in total. The van der Waals surface area contributed by atoms with E-state index in [0.717, 1.165) is 11.0 Å². The Morgan fingerprint density at radius 3 is 2.38 bits per heavy atom. The number of isothiocyanates is 1. The van der Waals surface area contributed by atoms with Gasteiger partial charge in [0.1, 0.15) is 0 Å². The van der Waals surface area contributed by atoms with Gasteiger partial charge >= 0.3 is 0 Å². The molecule has 0 aliphatic carbocycles. The van der Waals surface area contributed by atoms with Gasteiger partial charge in [0.25, 0.3) is 11.8 Å². The third kappa shape index (κ3) is 3.18. The fourth-order valence-electron chi connectivity index (χ4n) is 5.24. The Kier molecular flexibility index (Phi) is 4.82. The van der Waals surface area contributed by atoms with Gasteiger partial charge in [0.15, 0.2) is 23.0 Å². The zero-order valence-corrected chi connectivity index (χ0v) is 20.1. The first-order chi connectivity index (χ1) is 18.2. The lowest BCUT2D eigenvalue weighted by Crippen LogP contribution is -2.22. The zero-order valence-electron chi connectivity index (χ0n) is 19.3. The Labute approximate surface area is 214 Å². The molecular weight excluding hydrogens is 496 g/mol. The molecule has 184 valence electrons. The maximum atomic E-state index is 13.3. The van der Waals surface area contributed by atoms with Crippen molar-refractivity contribution < 1.29 is 28.5 Å². The summed E-state index contributed by atoms with van der Waals surface area (Å²) in [5.74, 6) is 1.27. The largest absolute Gasteiger partial charge is 0.454 e. The van der Waals surface area contributed by atoms with Crippen LogP contribution >= 0.6 is 12.2 Å². The predicted octanol–water partition coefficient (Wildman–Crippen LogP) is 3.64. The van der Waals surface area contributed by atoms with Gasteiger partial charge in [-0.05, 0) is 42.9 Å². The van der Waals surface area contributed by atoms with Crippen LogP contribution in [0.3, 0.4) is 0 Å². The number of aromatic nitrogens is 2. The van der Waals surface area contributed by atoms with Crippen LogP contribution in [0.4, 0.5) is 0 Å². The third-order valence-corrected chi connectivity index (χ3v) is 6.89. The first kappa shape index (κ1) is 21.7. The molecule has 0 bridgehead atoms. The number of fused-ring (bicyclic) bond motifs is 6. The molecule has 0 saturated carbocycles. The minimum Gasteiger partial charge on any atom is -0.454 e. The number of hydrogen-bond donors (Lipinski definition) is 2. The van der Waals surface area contributed by atoms with Crippen LogP contribution in [0.25, 0.3) is 33.0 Å².